The third-order valence-corrected chi connectivity index (χ3v) is 6.47. The van der Waals surface area contributed by atoms with Crippen LogP contribution < -0.4 is 4.74 Å². The van der Waals surface area contributed by atoms with Crippen molar-refractivity contribution in [1.82, 2.24) is 14.5 Å². The highest BCUT2D eigenvalue weighted by Gasteiger charge is 2.43. The summed E-state index contributed by atoms with van der Waals surface area (Å²) >= 11 is 0. The molecule has 6 heteroatoms. The zero-order valence-electron chi connectivity index (χ0n) is 16.7. The average molecular weight is 383 g/mol. The minimum atomic E-state index is 0.442. The molecule has 0 N–H and O–H groups in total. The summed E-state index contributed by atoms with van der Waals surface area (Å²) in [6, 6.07) is 7.21. The van der Waals surface area contributed by atoms with Crippen molar-refractivity contribution in [3.05, 3.63) is 36.2 Å². The lowest BCUT2D eigenvalue weighted by Gasteiger charge is -2.35. The number of fused-ring (bicyclic) bond motifs is 1. The van der Waals surface area contributed by atoms with E-state index < -0.39 is 0 Å². The number of hydrogen-bond acceptors (Lipinski definition) is 5. The van der Waals surface area contributed by atoms with E-state index in [0.717, 1.165) is 54.7 Å². The average Bonchev–Trinajstić information content (AvgIpc) is 3.29. The van der Waals surface area contributed by atoms with Gasteiger partial charge in [-0.2, -0.15) is 0 Å². The van der Waals surface area contributed by atoms with Crippen LogP contribution in [0.5, 0.6) is 5.75 Å². The second-order valence-electron chi connectivity index (χ2n) is 8.32. The van der Waals surface area contributed by atoms with Gasteiger partial charge in [0.25, 0.3) is 0 Å². The third kappa shape index (κ3) is 3.34. The van der Waals surface area contributed by atoms with Gasteiger partial charge in [-0.1, -0.05) is 0 Å². The van der Waals surface area contributed by atoms with E-state index in [1.807, 2.05) is 12.3 Å². The SMILES string of the molecule is COCc1cc(-c2nccn2[C@@H]2C[C@H]3CO[C@H](C4CC4)CN3C2)ccc1OC. The van der Waals surface area contributed by atoms with E-state index in [9.17, 15) is 0 Å². The van der Waals surface area contributed by atoms with Gasteiger partial charge in [-0.15, -0.1) is 0 Å². The first kappa shape index (κ1) is 18.2. The summed E-state index contributed by atoms with van der Waals surface area (Å²) < 4.78 is 19.3. The minimum absolute atomic E-state index is 0.442. The third-order valence-electron chi connectivity index (χ3n) is 6.47. The monoisotopic (exact) mass is 383 g/mol. The molecule has 3 fully saturated rings. The number of aromatic nitrogens is 2. The highest BCUT2D eigenvalue weighted by Crippen LogP contribution is 2.40. The predicted molar refractivity (Wildman–Crippen MR) is 106 cm³/mol. The molecule has 3 heterocycles. The molecule has 0 spiro atoms. The molecule has 3 atom stereocenters. The molecule has 2 aromatic rings. The van der Waals surface area contributed by atoms with E-state index in [1.165, 1.54) is 12.8 Å². The first-order chi connectivity index (χ1) is 13.8. The fourth-order valence-corrected chi connectivity index (χ4v) is 4.84. The molecule has 1 aromatic carbocycles. The first-order valence-corrected chi connectivity index (χ1v) is 10.3. The van der Waals surface area contributed by atoms with Crippen molar-refractivity contribution in [3.63, 3.8) is 0 Å². The second kappa shape index (κ2) is 7.50. The molecule has 0 unspecified atom stereocenters. The summed E-state index contributed by atoms with van der Waals surface area (Å²) in [6.07, 6.45) is 8.31. The molecule has 0 amide bonds. The molecule has 1 saturated carbocycles. The zero-order valence-corrected chi connectivity index (χ0v) is 16.7. The molecule has 1 aliphatic carbocycles. The molecule has 0 bridgehead atoms. The smallest absolute Gasteiger partial charge is 0.140 e. The van der Waals surface area contributed by atoms with Crippen LogP contribution in [0.4, 0.5) is 0 Å². The van der Waals surface area contributed by atoms with Crippen molar-refractivity contribution >= 4 is 0 Å². The molecule has 2 saturated heterocycles. The fourth-order valence-electron chi connectivity index (χ4n) is 4.84. The van der Waals surface area contributed by atoms with Crippen molar-refractivity contribution in [2.24, 2.45) is 5.92 Å². The molecular weight excluding hydrogens is 354 g/mol. The van der Waals surface area contributed by atoms with E-state index in [2.05, 4.69) is 32.8 Å². The maximum absolute atomic E-state index is 6.17. The number of rotatable bonds is 6. The van der Waals surface area contributed by atoms with Crippen LogP contribution in [-0.2, 0) is 16.1 Å². The van der Waals surface area contributed by atoms with Gasteiger partial charge in [0, 0.05) is 55.8 Å². The Bertz CT molecular complexity index is 832. The van der Waals surface area contributed by atoms with Crippen LogP contribution in [0.3, 0.4) is 0 Å². The van der Waals surface area contributed by atoms with Crippen LogP contribution in [0.15, 0.2) is 30.6 Å². The molecular formula is C22H29N3O3. The number of methoxy groups -OCH3 is 2. The van der Waals surface area contributed by atoms with E-state index in [1.54, 1.807) is 14.2 Å². The molecule has 6 nitrogen and oxygen atoms in total. The Hall–Kier alpha value is -1.89. The van der Waals surface area contributed by atoms with E-state index in [0.29, 0.717) is 24.8 Å². The number of nitrogens with zero attached hydrogens (tertiary/aromatic N) is 3. The Morgan fingerprint density at radius 1 is 1.18 bits per heavy atom. The van der Waals surface area contributed by atoms with Crippen LogP contribution in [0.1, 0.15) is 30.9 Å². The topological polar surface area (TPSA) is 48.8 Å². The molecule has 2 aliphatic heterocycles. The Morgan fingerprint density at radius 3 is 2.86 bits per heavy atom. The van der Waals surface area contributed by atoms with Crippen LogP contribution >= 0.6 is 0 Å². The van der Waals surface area contributed by atoms with E-state index in [-0.39, 0.29) is 0 Å². The summed E-state index contributed by atoms with van der Waals surface area (Å²) in [4.78, 5) is 7.33. The van der Waals surface area contributed by atoms with Crippen molar-refractivity contribution in [1.29, 1.82) is 0 Å². The maximum Gasteiger partial charge on any atom is 0.140 e. The summed E-state index contributed by atoms with van der Waals surface area (Å²) in [5.41, 5.74) is 2.15. The van der Waals surface area contributed by atoms with Crippen LogP contribution in [0, 0.1) is 5.92 Å². The van der Waals surface area contributed by atoms with Crippen molar-refractivity contribution < 1.29 is 14.2 Å². The van der Waals surface area contributed by atoms with Crippen molar-refractivity contribution in [2.45, 2.75) is 44.1 Å². The van der Waals surface area contributed by atoms with Gasteiger partial charge in [-0.25, -0.2) is 4.98 Å². The molecule has 3 aliphatic rings. The van der Waals surface area contributed by atoms with Gasteiger partial charge < -0.3 is 18.8 Å². The van der Waals surface area contributed by atoms with Crippen LogP contribution in [0.25, 0.3) is 11.4 Å². The van der Waals surface area contributed by atoms with E-state index in [4.69, 9.17) is 14.2 Å². The van der Waals surface area contributed by atoms with Gasteiger partial charge in [0.15, 0.2) is 0 Å². The fraction of sp³-hybridized carbons (Fsp3) is 0.591. The number of benzene rings is 1. The summed E-state index contributed by atoms with van der Waals surface area (Å²) in [6.45, 7) is 3.58. The molecule has 150 valence electrons. The Labute approximate surface area is 166 Å². The predicted octanol–water partition coefficient (Wildman–Crippen LogP) is 3.13. The van der Waals surface area contributed by atoms with E-state index >= 15 is 0 Å². The lowest BCUT2D eigenvalue weighted by Crippen LogP contribution is -2.46. The Morgan fingerprint density at radius 2 is 2.07 bits per heavy atom. The lowest BCUT2D eigenvalue weighted by molar-refractivity contribution is -0.0581. The van der Waals surface area contributed by atoms with Crippen LogP contribution in [0.2, 0.25) is 0 Å². The lowest BCUT2D eigenvalue weighted by atomic mass is 10.1. The highest BCUT2D eigenvalue weighted by molar-refractivity contribution is 5.59. The number of imidazole rings is 1. The quantitative estimate of drug-likeness (QED) is 0.767. The second-order valence-corrected chi connectivity index (χ2v) is 8.32. The number of hydrogen-bond donors (Lipinski definition) is 0. The Balaban J connectivity index is 1.37. The highest BCUT2D eigenvalue weighted by atomic mass is 16.5. The van der Waals surface area contributed by atoms with Gasteiger partial charge in [0.05, 0.1) is 26.4 Å². The molecule has 0 radical (unpaired) electrons. The van der Waals surface area contributed by atoms with Gasteiger partial charge in [0.1, 0.15) is 11.6 Å². The van der Waals surface area contributed by atoms with Crippen molar-refractivity contribution in [2.75, 3.05) is 33.9 Å². The molecule has 1 aromatic heterocycles. The maximum atomic E-state index is 6.17. The zero-order chi connectivity index (χ0) is 19.1. The number of morpholine rings is 1. The Kier molecular flexibility index (Phi) is 4.87. The first-order valence-electron chi connectivity index (χ1n) is 10.3. The summed E-state index contributed by atoms with van der Waals surface area (Å²) in [5.74, 6) is 2.68. The number of ether oxygens (including phenoxy) is 3. The van der Waals surface area contributed by atoms with Gasteiger partial charge in [-0.3, -0.25) is 4.90 Å². The minimum Gasteiger partial charge on any atom is -0.496 e. The largest absolute Gasteiger partial charge is 0.496 e. The van der Waals surface area contributed by atoms with Gasteiger partial charge >= 0.3 is 0 Å². The van der Waals surface area contributed by atoms with Crippen molar-refractivity contribution in [3.8, 4) is 17.1 Å². The van der Waals surface area contributed by atoms with Gasteiger partial charge in [-0.05, 0) is 43.4 Å². The summed E-state index contributed by atoms with van der Waals surface area (Å²) in [5, 5.41) is 0. The normalized spacial score (nSPS) is 27.7. The molecule has 28 heavy (non-hydrogen) atoms. The standard InChI is InChI=1S/C22H29N3O3/c1-26-13-17-9-16(5-6-20(17)27-2)22-23-7-8-25(22)18-10-19-14-28-21(15-3-4-15)12-24(19)11-18/h5-9,15,18-19,21H,3-4,10-14H2,1-2H3/t18-,19+,21+/m1/s1. The van der Waals surface area contributed by atoms with Gasteiger partial charge in [0.2, 0.25) is 0 Å². The summed E-state index contributed by atoms with van der Waals surface area (Å²) in [7, 11) is 3.40. The van der Waals surface area contributed by atoms with Crippen LogP contribution in [-0.4, -0.2) is 60.5 Å². The molecule has 5 rings (SSSR count).